The minimum Gasteiger partial charge on any atom is -0.379 e. The molecule has 4 nitrogen and oxygen atoms in total. The molecule has 0 aromatic heterocycles. The average Bonchev–Trinajstić information content (AvgIpc) is 2.37. The van der Waals surface area contributed by atoms with E-state index in [0.29, 0.717) is 12.5 Å². The van der Waals surface area contributed by atoms with Crippen LogP contribution in [0.5, 0.6) is 0 Å². The van der Waals surface area contributed by atoms with Gasteiger partial charge in [-0.1, -0.05) is 33.6 Å². The van der Waals surface area contributed by atoms with Crippen molar-refractivity contribution in [3.8, 4) is 0 Å². The second-order valence-corrected chi connectivity index (χ2v) is 5.37. The van der Waals surface area contributed by atoms with Crippen LogP contribution in [0.2, 0.25) is 0 Å². The summed E-state index contributed by atoms with van der Waals surface area (Å²) < 4.78 is 5.26. The van der Waals surface area contributed by atoms with E-state index in [1.54, 1.807) is 0 Å². The highest BCUT2D eigenvalue weighted by molar-refractivity contribution is 5.71. The normalized spacial score (nSPS) is 23.4. The van der Waals surface area contributed by atoms with Gasteiger partial charge in [0.2, 0.25) is 0 Å². The molecule has 0 aliphatic carbocycles. The molecule has 3 unspecified atom stereocenters. The van der Waals surface area contributed by atoms with Crippen molar-refractivity contribution >= 4 is 5.97 Å². The van der Waals surface area contributed by atoms with Crippen LogP contribution in [0.25, 0.3) is 0 Å². The van der Waals surface area contributed by atoms with Crippen LogP contribution >= 0.6 is 0 Å². The molecule has 18 heavy (non-hydrogen) atoms. The van der Waals surface area contributed by atoms with E-state index in [9.17, 15) is 4.79 Å². The van der Waals surface area contributed by atoms with Gasteiger partial charge in [0.05, 0.1) is 12.5 Å². The summed E-state index contributed by atoms with van der Waals surface area (Å²) in [6.45, 7) is 7.52. The number of ether oxygens (including phenoxy) is 1. The fraction of sp³-hybridized carbons (Fsp3) is 0.929. The molecule has 1 fully saturated rings. The fourth-order valence-electron chi connectivity index (χ4n) is 2.30. The number of hydrogen-bond donors (Lipinski definition) is 0. The number of hydrogen-bond acceptors (Lipinski definition) is 4. The summed E-state index contributed by atoms with van der Waals surface area (Å²) in [5.41, 5.74) is 0. The largest absolute Gasteiger partial charge is 0.379 e. The first-order valence-electron chi connectivity index (χ1n) is 7.08. The minimum atomic E-state index is -0.261. The van der Waals surface area contributed by atoms with Crippen LogP contribution in [0.15, 0.2) is 0 Å². The summed E-state index contributed by atoms with van der Waals surface area (Å²) in [6.07, 6.45) is 4.92. The van der Waals surface area contributed by atoms with Gasteiger partial charge in [-0.3, -0.25) is 4.89 Å². The number of rotatable bonds is 7. The molecule has 0 amide bonds. The summed E-state index contributed by atoms with van der Waals surface area (Å²) in [7, 11) is 0. The maximum atomic E-state index is 11.7. The molecular formula is C14H26O4. The van der Waals surface area contributed by atoms with Crippen LogP contribution in [-0.4, -0.2) is 25.3 Å². The first-order chi connectivity index (χ1) is 8.63. The van der Waals surface area contributed by atoms with Gasteiger partial charge in [0.15, 0.2) is 0 Å². The molecule has 1 heterocycles. The second kappa shape index (κ2) is 8.48. The molecule has 4 heteroatoms. The highest BCUT2D eigenvalue weighted by atomic mass is 17.2. The lowest BCUT2D eigenvalue weighted by Crippen LogP contribution is -2.28. The maximum Gasteiger partial charge on any atom is 0.345 e. The highest BCUT2D eigenvalue weighted by Gasteiger charge is 2.22. The van der Waals surface area contributed by atoms with E-state index < -0.39 is 0 Å². The third-order valence-electron chi connectivity index (χ3n) is 3.32. The monoisotopic (exact) mass is 258 g/mol. The Morgan fingerprint density at radius 2 is 2.22 bits per heavy atom. The van der Waals surface area contributed by atoms with Gasteiger partial charge in [-0.2, -0.15) is 4.89 Å². The van der Waals surface area contributed by atoms with Crippen molar-refractivity contribution in [2.45, 2.75) is 59.0 Å². The van der Waals surface area contributed by atoms with Gasteiger partial charge in [-0.25, -0.2) is 4.79 Å². The Morgan fingerprint density at radius 3 is 2.83 bits per heavy atom. The second-order valence-electron chi connectivity index (χ2n) is 5.37. The molecule has 1 rings (SSSR count). The predicted molar refractivity (Wildman–Crippen MR) is 68.9 cm³/mol. The molecule has 1 aliphatic heterocycles. The van der Waals surface area contributed by atoms with E-state index in [1.165, 1.54) is 0 Å². The lowest BCUT2D eigenvalue weighted by Gasteiger charge is -2.21. The predicted octanol–water partition coefficient (Wildman–Crippen LogP) is 3.10. The summed E-state index contributed by atoms with van der Waals surface area (Å²) in [5.74, 6) is 0.190. The Balaban J connectivity index is 2.18. The van der Waals surface area contributed by atoms with Crippen molar-refractivity contribution in [2.24, 2.45) is 11.8 Å². The van der Waals surface area contributed by atoms with Gasteiger partial charge in [-0.05, 0) is 25.2 Å². The van der Waals surface area contributed by atoms with E-state index in [1.807, 2.05) is 6.92 Å². The standard InChI is InChI=1S/C14H26O4/c1-4-6-11(2)9-12(3)14(15)18-17-13-7-5-8-16-10-13/h11-13H,4-10H2,1-3H3. The lowest BCUT2D eigenvalue weighted by molar-refractivity contribution is -0.312. The molecular weight excluding hydrogens is 232 g/mol. The van der Waals surface area contributed by atoms with Crippen LogP contribution in [0.4, 0.5) is 0 Å². The Morgan fingerprint density at radius 1 is 1.44 bits per heavy atom. The molecule has 0 radical (unpaired) electrons. The smallest absolute Gasteiger partial charge is 0.345 e. The summed E-state index contributed by atoms with van der Waals surface area (Å²) >= 11 is 0. The number of carbonyl (C=O) groups is 1. The molecule has 3 atom stereocenters. The van der Waals surface area contributed by atoms with E-state index in [0.717, 1.165) is 38.7 Å². The summed E-state index contributed by atoms with van der Waals surface area (Å²) in [6, 6.07) is 0. The Labute approximate surface area is 110 Å². The third kappa shape index (κ3) is 5.83. The quantitative estimate of drug-likeness (QED) is 0.520. The Bertz CT molecular complexity index is 236. The van der Waals surface area contributed by atoms with E-state index in [2.05, 4.69) is 13.8 Å². The van der Waals surface area contributed by atoms with Gasteiger partial charge < -0.3 is 4.74 Å². The van der Waals surface area contributed by atoms with Gasteiger partial charge in [-0.15, -0.1) is 0 Å². The molecule has 1 saturated heterocycles. The first kappa shape index (κ1) is 15.4. The average molecular weight is 258 g/mol. The van der Waals surface area contributed by atoms with E-state index >= 15 is 0 Å². The van der Waals surface area contributed by atoms with Crippen LogP contribution in [0, 0.1) is 11.8 Å². The van der Waals surface area contributed by atoms with Crippen LogP contribution in [0.1, 0.15) is 52.9 Å². The van der Waals surface area contributed by atoms with Crippen molar-refractivity contribution in [1.29, 1.82) is 0 Å². The molecule has 0 bridgehead atoms. The first-order valence-corrected chi connectivity index (χ1v) is 7.08. The lowest BCUT2D eigenvalue weighted by atomic mass is 9.94. The van der Waals surface area contributed by atoms with Crippen LogP contribution in [-0.2, 0) is 19.3 Å². The minimum absolute atomic E-state index is 0.0945. The zero-order chi connectivity index (χ0) is 13.4. The molecule has 1 aliphatic rings. The zero-order valence-electron chi connectivity index (χ0n) is 11.8. The van der Waals surface area contributed by atoms with Gasteiger partial charge in [0.1, 0.15) is 6.10 Å². The molecule has 0 saturated carbocycles. The fourth-order valence-corrected chi connectivity index (χ4v) is 2.30. The maximum absolute atomic E-state index is 11.7. The SMILES string of the molecule is CCCC(C)CC(C)C(=O)OOC1CCCOC1. The van der Waals surface area contributed by atoms with Crippen molar-refractivity contribution in [3.05, 3.63) is 0 Å². The Hall–Kier alpha value is -0.610. The molecule has 0 spiro atoms. The number of carbonyl (C=O) groups excluding carboxylic acids is 1. The van der Waals surface area contributed by atoms with Crippen molar-refractivity contribution < 1.29 is 19.3 Å². The van der Waals surface area contributed by atoms with Crippen molar-refractivity contribution in [3.63, 3.8) is 0 Å². The van der Waals surface area contributed by atoms with Crippen molar-refractivity contribution in [2.75, 3.05) is 13.2 Å². The van der Waals surface area contributed by atoms with Crippen LogP contribution in [0.3, 0.4) is 0 Å². The summed E-state index contributed by atoms with van der Waals surface area (Å²) in [5, 5.41) is 0. The van der Waals surface area contributed by atoms with Gasteiger partial charge >= 0.3 is 5.97 Å². The third-order valence-corrected chi connectivity index (χ3v) is 3.32. The van der Waals surface area contributed by atoms with Gasteiger partial charge in [0, 0.05) is 6.61 Å². The Kier molecular flexibility index (Phi) is 7.28. The van der Waals surface area contributed by atoms with Crippen molar-refractivity contribution in [1.82, 2.24) is 0 Å². The highest BCUT2D eigenvalue weighted by Crippen LogP contribution is 2.18. The molecule has 106 valence electrons. The topological polar surface area (TPSA) is 44.8 Å². The van der Waals surface area contributed by atoms with Crippen LogP contribution < -0.4 is 0 Å². The molecule has 0 aromatic rings. The summed E-state index contributed by atoms with van der Waals surface area (Å²) in [4.78, 5) is 21.8. The van der Waals surface area contributed by atoms with E-state index in [-0.39, 0.29) is 18.0 Å². The van der Waals surface area contributed by atoms with Gasteiger partial charge in [0.25, 0.3) is 0 Å². The molecule has 0 aromatic carbocycles. The molecule has 0 N–H and O–H groups in total. The van der Waals surface area contributed by atoms with E-state index in [4.69, 9.17) is 14.5 Å². The zero-order valence-corrected chi connectivity index (χ0v) is 11.8.